The third kappa shape index (κ3) is 4.65. The van der Waals surface area contributed by atoms with Crippen LogP contribution in [0.25, 0.3) is 10.7 Å². The van der Waals surface area contributed by atoms with Gasteiger partial charge < -0.3 is 0 Å². The zero-order chi connectivity index (χ0) is 20.2. The molecule has 0 aromatic carbocycles. The summed E-state index contributed by atoms with van der Waals surface area (Å²) < 4.78 is 1.97. The largest absolute Gasteiger partial charge is 0.290 e. The monoisotopic (exact) mass is 447 g/mol. The first-order chi connectivity index (χ1) is 14.1. The first-order valence-corrected chi connectivity index (χ1v) is 11.6. The summed E-state index contributed by atoms with van der Waals surface area (Å²) in [6.45, 7) is -0.0379. The van der Waals surface area contributed by atoms with E-state index in [4.69, 9.17) is 12.2 Å². The summed E-state index contributed by atoms with van der Waals surface area (Å²) >= 11 is 8.27. The van der Waals surface area contributed by atoms with Crippen LogP contribution in [0.15, 0.2) is 23.6 Å². The van der Waals surface area contributed by atoms with Gasteiger partial charge in [-0.15, -0.1) is 22.7 Å². The first kappa shape index (κ1) is 20.0. The molecule has 0 bridgehead atoms. The van der Waals surface area contributed by atoms with Crippen molar-refractivity contribution in [1.29, 1.82) is 0 Å². The minimum atomic E-state index is -0.372. The number of hydrogen-bond acceptors (Lipinski definition) is 6. The minimum absolute atomic E-state index is 0.0379. The zero-order valence-corrected chi connectivity index (χ0v) is 18.1. The molecule has 10 heteroatoms. The van der Waals surface area contributed by atoms with E-state index >= 15 is 0 Å². The van der Waals surface area contributed by atoms with Crippen LogP contribution in [-0.4, -0.2) is 26.6 Å². The topological polar surface area (TPSA) is 91.8 Å². The van der Waals surface area contributed by atoms with Crippen LogP contribution in [0.2, 0.25) is 0 Å². The molecule has 152 valence electrons. The van der Waals surface area contributed by atoms with Crippen molar-refractivity contribution in [3.05, 3.63) is 43.7 Å². The lowest BCUT2D eigenvalue weighted by molar-refractivity contribution is -0.122. The number of fused-ring (bicyclic) bond motifs is 1. The van der Waals surface area contributed by atoms with Gasteiger partial charge in [-0.3, -0.25) is 30.1 Å². The number of nitrogens with zero attached hydrogens (tertiary/aromatic N) is 2. The van der Waals surface area contributed by atoms with E-state index in [1.165, 1.54) is 58.8 Å². The maximum atomic E-state index is 12.5. The first-order valence-electron chi connectivity index (χ1n) is 9.51. The Morgan fingerprint density at radius 1 is 1.21 bits per heavy atom. The molecule has 0 saturated carbocycles. The van der Waals surface area contributed by atoms with Gasteiger partial charge in [-0.2, -0.15) is 5.10 Å². The van der Waals surface area contributed by atoms with E-state index in [0.29, 0.717) is 15.5 Å². The molecule has 2 amide bonds. The number of carbonyl (C=O) groups excluding carboxylic acids is 2. The zero-order valence-electron chi connectivity index (χ0n) is 15.7. The molecule has 0 spiro atoms. The quantitative estimate of drug-likeness (QED) is 0.418. The normalized spacial score (nSPS) is 13.9. The molecule has 3 heterocycles. The number of amides is 2. The van der Waals surface area contributed by atoms with Gasteiger partial charge in [-0.1, -0.05) is 18.9 Å². The maximum Gasteiger partial charge on any atom is 0.279 e. The number of rotatable bonds is 4. The van der Waals surface area contributed by atoms with Gasteiger partial charge in [0.25, 0.3) is 11.8 Å². The van der Waals surface area contributed by atoms with Crippen LogP contribution in [0.3, 0.4) is 0 Å². The molecule has 29 heavy (non-hydrogen) atoms. The molecular weight excluding hydrogens is 426 g/mol. The molecule has 0 aliphatic heterocycles. The van der Waals surface area contributed by atoms with Gasteiger partial charge in [-0.05, 0) is 61.0 Å². The average molecular weight is 448 g/mol. The predicted molar refractivity (Wildman–Crippen MR) is 117 cm³/mol. The fourth-order valence-corrected chi connectivity index (χ4v) is 5.45. The summed E-state index contributed by atoms with van der Waals surface area (Å²) in [6.07, 6.45) is 6.89. The van der Waals surface area contributed by atoms with E-state index in [0.717, 1.165) is 17.7 Å². The Balaban J connectivity index is 1.38. The molecule has 0 unspecified atom stereocenters. The highest BCUT2D eigenvalue weighted by Gasteiger charge is 2.17. The molecule has 0 fully saturated rings. The second-order valence-corrected chi connectivity index (χ2v) is 9.36. The number of aromatic amines is 1. The number of aromatic nitrogens is 3. The highest BCUT2D eigenvalue weighted by molar-refractivity contribution is 7.71. The van der Waals surface area contributed by atoms with E-state index < -0.39 is 0 Å². The van der Waals surface area contributed by atoms with E-state index in [2.05, 4.69) is 21.0 Å². The Morgan fingerprint density at radius 2 is 2.03 bits per heavy atom. The number of nitrogens with one attached hydrogen (secondary N) is 3. The highest BCUT2D eigenvalue weighted by atomic mass is 32.1. The van der Waals surface area contributed by atoms with Gasteiger partial charge in [0.2, 0.25) is 0 Å². The van der Waals surface area contributed by atoms with Gasteiger partial charge in [0.05, 0.1) is 9.75 Å². The van der Waals surface area contributed by atoms with Crippen LogP contribution in [0.1, 0.15) is 45.8 Å². The Hall–Kier alpha value is -2.30. The van der Waals surface area contributed by atoms with Crippen LogP contribution in [0.5, 0.6) is 0 Å². The lowest BCUT2D eigenvalue weighted by Gasteiger charge is -2.08. The number of H-pyrrole nitrogens is 1. The summed E-state index contributed by atoms with van der Waals surface area (Å²) in [5, 5.41) is 8.85. The van der Waals surface area contributed by atoms with E-state index in [9.17, 15) is 9.59 Å². The van der Waals surface area contributed by atoms with Gasteiger partial charge in [0.1, 0.15) is 6.54 Å². The number of thiophene rings is 2. The SMILES string of the molecule is O=C(Cn1c(-c2cccs2)n[nH]c1=S)NNC(=O)c1cc2c(s1)CCCCCC2. The second kappa shape index (κ2) is 9.02. The number of hydrazine groups is 1. The van der Waals surface area contributed by atoms with Gasteiger partial charge in [0.15, 0.2) is 10.6 Å². The molecule has 0 atom stereocenters. The van der Waals surface area contributed by atoms with Gasteiger partial charge in [0, 0.05) is 4.88 Å². The molecular formula is C19H21N5O2S3. The second-order valence-electron chi connectivity index (χ2n) is 6.89. The summed E-state index contributed by atoms with van der Waals surface area (Å²) in [6, 6.07) is 5.79. The van der Waals surface area contributed by atoms with E-state index in [-0.39, 0.29) is 18.4 Å². The van der Waals surface area contributed by atoms with E-state index in [1.54, 1.807) is 4.57 Å². The lowest BCUT2D eigenvalue weighted by atomic mass is 10.00. The van der Waals surface area contributed by atoms with Crippen LogP contribution in [-0.2, 0) is 24.2 Å². The fraction of sp³-hybridized carbons (Fsp3) is 0.368. The van der Waals surface area contributed by atoms with Crippen molar-refractivity contribution >= 4 is 46.7 Å². The van der Waals surface area contributed by atoms with Gasteiger partial charge >= 0.3 is 0 Å². The van der Waals surface area contributed by atoms with Crippen molar-refractivity contribution in [3.8, 4) is 10.7 Å². The minimum Gasteiger partial charge on any atom is -0.290 e. The van der Waals surface area contributed by atoms with E-state index in [1.807, 2.05) is 23.6 Å². The summed E-state index contributed by atoms with van der Waals surface area (Å²) in [5.41, 5.74) is 6.28. The maximum absolute atomic E-state index is 12.5. The van der Waals surface area contributed by atoms with Crippen molar-refractivity contribution in [1.82, 2.24) is 25.6 Å². The Morgan fingerprint density at radius 3 is 2.83 bits per heavy atom. The van der Waals surface area contributed by atoms with Crippen LogP contribution in [0.4, 0.5) is 0 Å². The lowest BCUT2D eigenvalue weighted by Crippen LogP contribution is -2.43. The molecule has 1 aliphatic rings. The summed E-state index contributed by atoms with van der Waals surface area (Å²) in [7, 11) is 0. The molecule has 0 radical (unpaired) electrons. The number of carbonyl (C=O) groups is 2. The van der Waals surface area contributed by atoms with Crippen molar-refractivity contribution in [2.24, 2.45) is 0 Å². The Bertz CT molecular complexity index is 1040. The molecule has 3 aromatic heterocycles. The van der Waals surface area contributed by atoms with Crippen molar-refractivity contribution in [3.63, 3.8) is 0 Å². The standard InChI is InChI=1S/C19H21N5O2S3/c25-16(11-24-17(21-23-19(24)27)14-8-5-9-28-14)20-22-18(26)15-10-12-6-3-1-2-4-7-13(12)29-15/h5,8-10H,1-4,6-7,11H2,(H,20,25)(H,22,26)(H,23,27). The summed E-state index contributed by atoms with van der Waals surface area (Å²) in [5.74, 6) is -0.0579. The average Bonchev–Trinajstić information content (AvgIpc) is 3.42. The molecule has 1 aliphatic carbocycles. The molecule has 0 saturated heterocycles. The summed E-state index contributed by atoms with van der Waals surface area (Å²) in [4.78, 5) is 27.7. The van der Waals surface area contributed by atoms with Crippen LogP contribution < -0.4 is 10.9 Å². The van der Waals surface area contributed by atoms with Crippen LogP contribution >= 0.6 is 34.9 Å². The highest BCUT2D eigenvalue weighted by Crippen LogP contribution is 2.28. The molecule has 3 aromatic rings. The van der Waals surface area contributed by atoms with Crippen molar-refractivity contribution in [2.75, 3.05) is 0 Å². The number of aryl methyl sites for hydroxylation is 2. The smallest absolute Gasteiger partial charge is 0.279 e. The Labute approximate surface area is 181 Å². The van der Waals surface area contributed by atoms with Crippen LogP contribution in [0, 0.1) is 4.77 Å². The molecule has 4 rings (SSSR count). The molecule has 3 N–H and O–H groups in total. The van der Waals surface area contributed by atoms with Crippen molar-refractivity contribution in [2.45, 2.75) is 45.1 Å². The van der Waals surface area contributed by atoms with Gasteiger partial charge in [-0.25, -0.2) is 0 Å². The van der Waals surface area contributed by atoms with Crippen molar-refractivity contribution < 1.29 is 9.59 Å². The third-order valence-corrected chi connectivity index (χ3v) is 7.25. The molecule has 7 nitrogen and oxygen atoms in total. The Kier molecular flexibility index (Phi) is 6.22. The fourth-order valence-electron chi connectivity index (χ4n) is 3.39. The number of hydrogen-bond donors (Lipinski definition) is 3. The predicted octanol–water partition coefficient (Wildman–Crippen LogP) is 3.85. The third-order valence-electron chi connectivity index (χ3n) is 4.84.